The second kappa shape index (κ2) is 10.2. The standard InChI is InChI=1S/C23H23FN6O5S/c1-34-18-4-3-5-19(35-2)21(18)30-22(17-8-9-20(31)26-17)27-28-23(30)29-36(32,33)11-10-14-6-7-16(24)12-15(14)13-25/h3-7,12,17H,8-11H2,1-2H3,(H,26,31)(H,28,29). The Hall–Kier alpha value is -4.18. The second-order valence-electron chi connectivity index (χ2n) is 7.97. The molecule has 13 heteroatoms. The molecule has 4 rings (SSSR count). The lowest BCUT2D eigenvalue weighted by Crippen LogP contribution is -2.24. The zero-order valence-electron chi connectivity index (χ0n) is 19.5. The number of amides is 1. The molecule has 2 heterocycles. The summed E-state index contributed by atoms with van der Waals surface area (Å²) < 4.78 is 54.4. The first-order valence-corrected chi connectivity index (χ1v) is 12.6. The Morgan fingerprint density at radius 3 is 2.56 bits per heavy atom. The zero-order valence-corrected chi connectivity index (χ0v) is 20.3. The van der Waals surface area contributed by atoms with Crippen LogP contribution in [0.5, 0.6) is 11.5 Å². The van der Waals surface area contributed by atoms with Gasteiger partial charge >= 0.3 is 0 Å². The van der Waals surface area contributed by atoms with Gasteiger partial charge in [0.25, 0.3) is 0 Å². The fourth-order valence-corrected chi connectivity index (χ4v) is 4.97. The number of aryl methyl sites for hydroxylation is 1. The Labute approximate surface area is 206 Å². The largest absolute Gasteiger partial charge is 0.494 e. The minimum absolute atomic E-state index is 0.0316. The number of anilines is 1. The third kappa shape index (κ3) is 5.08. The van der Waals surface area contributed by atoms with Crippen LogP contribution < -0.4 is 19.5 Å². The molecule has 0 spiro atoms. The van der Waals surface area contributed by atoms with Crippen LogP contribution in [0.1, 0.15) is 35.8 Å². The molecule has 0 radical (unpaired) electrons. The van der Waals surface area contributed by atoms with Crippen molar-refractivity contribution in [2.45, 2.75) is 25.3 Å². The van der Waals surface area contributed by atoms with Crippen LogP contribution in [0.2, 0.25) is 0 Å². The minimum Gasteiger partial charge on any atom is -0.494 e. The lowest BCUT2D eigenvalue weighted by molar-refractivity contribution is -0.119. The first kappa shape index (κ1) is 24.9. The predicted molar refractivity (Wildman–Crippen MR) is 127 cm³/mol. The Morgan fingerprint density at radius 2 is 1.94 bits per heavy atom. The number of para-hydroxylation sites is 1. The average Bonchev–Trinajstić information content (AvgIpc) is 3.47. The van der Waals surface area contributed by atoms with Gasteiger partial charge in [0.15, 0.2) is 5.82 Å². The van der Waals surface area contributed by atoms with Gasteiger partial charge in [-0.2, -0.15) is 5.26 Å². The summed E-state index contributed by atoms with van der Waals surface area (Å²) in [7, 11) is -1.09. The fraction of sp³-hybridized carbons (Fsp3) is 0.304. The van der Waals surface area contributed by atoms with Gasteiger partial charge in [0.2, 0.25) is 21.9 Å². The molecule has 1 fully saturated rings. The summed E-state index contributed by atoms with van der Waals surface area (Å²) in [5, 5.41) is 20.3. The van der Waals surface area contributed by atoms with Crippen molar-refractivity contribution in [2.24, 2.45) is 0 Å². The molecule has 11 nitrogen and oxygen atoms in total. The summed E-state index contributed by atoms with van der Waals surface area (Å²) in [5.41, 5.74) is 0.810. The van der Waals surface area contributed by atoms with Gasteiger partial charge in [-0.25, -0.2) is 12.8 Å². The molecule has 1 atom stereocenters. The number of carbonyl (C=O) groups is 1. The first-order chi connectivity index (χ1) is 17.3. The number of methoxy groups -OCH3 is 2. The van der Waals surface area contributed by atoms with Crippen molar-refractivity contribution < 1.29 is 27.1 Å². The summed E-state index contributed by atoms with van der Waals surface area (Å²) >= 11 is 0. The number of halogens is 1. The molecule has 1 aliphatic rings. The highest BCUT2D eigenvalue weighted by Gasteiger charge is 2.32. The SMILES string of the molecule is COc1cccc(OC)c1-n1c(NS(=O)(=O)CCc2ccc(F)cc2C#N)nnc1C1CCC(=O)N1. The van der Waals surface area contributed by atoms with Crippen molar-refractivity contribution in [1.29, 1.82) is 5.26 Å². The highest BCUT2D eigenvalue weighted by molar-refractivity contribution is 7.92. The van der Waals surface area contributed by atoms with Crippen LogP contribution in [0, 0.1) is 17.1 Å². The van der Waals surface area contributed by atoms with Gasteiger partial charge in [0, 0.05) is 6.42 Å². The molecule has 2 aromatic carbocycles. The fourth-order valence-electron chi connectivity index (χ4n) is 3.97. The summed E-state index contributed by atoms with van der Waals surface area (Å²) in [5.74, 6) is -0.243. The van der Waals surface area contributed by atoms with Crippen LogP contribution in [0.4, 0.5) is 10.3 Å². The van der Waals surface area contributed by atoms with Crippen molar-refractivity contribution in [3.8, 4) is 23.3 Å². The van der Waals surface area contributed by atoms with Crippen molar-refractivity contribution >= 4 is 21.9 Å². The molecular weight excluding hydrogens is 491 g/mol. The first-order valence-electron chi connectivity index (χ1n) is 10.9. The van der Waals surface area contributed by atoms with E-state index >= 15 is 0 Å². The Kier molecular flexibility index (Phi) is 7.07. The number of nitriles is 1. The number of nitrogens with one attached hydrogen (secondary N) is 2. The van der Waals surface area contributed by atoms with Crippen LogP contribution in [-0.4, -0.2) is 49.1 Å². The molecule has 36 heavy (non-hydrogen) atoms. The van der Waals surface area contributed by atoms with Gasteiger partial charge in [-0.1, -0.05) is 12.1 Å². The van der Waals surface area contributed by atoms with E-state index in [0.29, 0.717) is 41.4 Å². The van der Waals surface area contributed by atoms with E-state index in [9.17, 15) is 22.9 Å². The number of hydrogen-bond acceptors (Lipinski definition) is 8. The number of carbonyl (C=O) groups excluding carboxylic acids is 1. The van der Waals surface area contributed by atoms with E-state index < -0.39 is 27.6 Å². The Morgan fingerprint density at radius 1 is 1.22 bits per heavy atom. The highest BCUT2D eigenvalue weighted by atomic mass is 32.2. The number of rotatable bonds is 9. The van der Waals surface area contributed by atoms with Gasteiger partial charge in [-0.3, -0.25) is 14.1 Å². The molecule has 1 aromatic heterocycles. The smallest absolute Gasteiger partial charge is 0.243 e. The van der Waals surface area contributed by atoms with E-state index in [1.807, 2.05) is 6.07 Å². The number of nitrogens with zero attached hydrogens (tertiary/aromatic N) is 4. The number of aromatic nitrogens is 3. The third-order valence-corrected chi connectivity index (χ3v) is 6.93. The van der Waals surface area contributed by atoms with Crippen molar-refractivity contribution in [3.63, 3.8) is 0 Å². The van der Waals surface area contributed by atoms with Gasteiger partial charge in [0.05, 0.1) is 37.6 Å². The van der Waals surface area contributed by atoms with E-state index in [4.69, 9.17) is 9.47 Å². The monoisotopic (exact) mass is 514 g/mol. The Balaban J connectivity index is 1.72. The minimum atomic E-state index is -4.00. The molecule has 1 unspecified atom stereocenters. The average molecular weight is 515 g/mol. The number of ether oxygens (including phenoxy) is 2. The maximum absolute atomic E-state index is 13.4. The maximum atomic E-state index is 13.4. The number of benzene rings is 2. The molecule has 1 aliphatic heterocycles. The van der Waals surface area contributed by atoms with E-state index in [2.05, 4.69) is 20.2 Å². The summed E-state index contributed by atoms with van der Waals surface area (Å²) in [4.78, 5) is 11.9. The molecular formula is C23H23FN6O5S. The summed E-state index contributed by atoms with van der Waals surface area (Å²) in [6.45, 7) is 0. The molecule has 0 bridgehead atoms. The molecule has 188 valence electrons. The van der Waals surface area contributed by atoms with Crippen LogP contribution in [0.25, 0.3) is 5.69 Å². The summed E-state index contributed by atoms with van der Waals surface area (Å²) in [6.07, 6.45) is 0.708. The summed E-state index contributed by atoms with van der Waals surface area (Å²) in [6, 6.07) is 10.0. The van der Waals surface area contributed by atoms with Crippen molar-refractivity contribution in [1.82, 2.24) is 20.1 Å². The molecule has 1 amide bonds. The third-order valence-electron chi connectivity index (χ3n) is 5.70. The molecule has 2 N–H and O–H groups in total. The van der Waals surface area contributed by atoms with Crippen LogP contribution in [-0.2, 0) is 21.2 Å². The van der Waals surface area contributed by atoms with Crippen LogP contribution in [0.3, 0.4) is 0 Å². The van der Waals surface area contributed by atoms with Crippen molar-refractivity contribution in [3.05, 3.63) is 59.2 Å². The van der Waals surface area contributed by atoms with E-state index in [-0.39, 0.29) is 23.8 Å². The van der Waals surface area contributed by atoms with E-state index in [0.717, 1.165) is 6.07 Å². The van der Waals surface area contributed by atoms with E-state index in [1.165, 1.54) is 30.9 Å². The maximum Gasteiger partial charge on any atom is 0.243 e. The zero-order chi connectivity index (χ0) is 25.9. The topological polar surface area (TPSA) is 148 Å². The van der Waals surface area contributed by atoms with Crippen molar-refractivity contribution in [2.75, 3.05) is 24.7 Å². The van der Waals surface area contributed by atoms with Gasteiger partial charge in [0.1, 0.15) is 23.0 Å². The lowest BCUT2D eigenvalue weighted by Gasteiger charge is -2.19. The number of hydrogen-bond donors (Lipinski definition) is 2. The highest BCUT2D eigenvalue weighted by Crippen LogP contribution is 2.37. The van der Waals surface area contributed by atoms with E-state index in [1.54, 1.807) is 18.2 Å². The molecule has 0 saturated carbocycles. The molecule has 3 aromatic rings. The van der Waals surface area contributed by atoms with Gasteiger partial charge in [-0.05, 0) is 42.7 Å². The lowest BCUT2D eigenvalue weighted by atomic mass is 10.1. The number of sulfonamides is 1. The predicted octanol–water partition coefficient (Wildman–Crippen LogP) is 2.23. The van der Waals surface area contributed by atoms with Gasteiger partial charge < -0.3 is 14.8 Å². The quantitative estimate of drug-likeness (QED) is 0.442. The van der Waals surface area contributed by atoms with Crippen LogP contribution in [0.15, 0.2) is 36.4 Å². The normalized spacial score (nSPS) is 15.3. The Bertz CT molecular complexity index is 1430. The molecule has 1 saturated heterocycles. The second-order valence-corrected chi connectivity index (χ2v) is 9.81. The molecule has 0 aliphatic carbocycles. The van der Waals surface area contributed by atoms with Gasteiger partial charge in [-0.15, -0.1) is 10.2 Å². The van der Waals surface area contributed by atoms with Crippen LogP contribution >= 0.6 is 0 Å².